The molecule has 0 aromatic heterocycles. The lowest BCUT2D eigenvalue weighted by atomic mass is 9.67. The summed E-state index contributed by atoms with van der Waals surface area (Å²) in [5.74, 6) is 3.11. The quantitative estimate of drug-likeness (QED) is 0.138. The van der Waals surface area contributed by atoms with E-state index in [4.69, 9.17) is 19.2 Å². The molecule has 0 heterocycles. The van der Waals surface area contributed by atoms with Crippen LogP contribution in [-0.4, -0.2) is 30.9 Å². The molecule has 9 unspecified atom stereocenters. The van der Waals surface area contributed by atoms with Gasteiger partial charge < -0.3 is 9.47 Å². The Hall–Kier alpha value is -1.14. The summed E-state index contributed by atoms with van der Waals surface area (Å²) in [6.45, 7) is 3.86. The fourth-order valence-corrected chi connectivity index (χ4v) is 7.86. The van der Waals surface area contributed by atoms with Gasteiger partial charge in [-0.2, -0.15) is 4.89 Å². The molecule has 5 saturated carbocycles. The summed E-state index contributed by atoms with van der Waals surface area (Å²) < 4.78 is 11.4. The highest BCUT2D eigenvalue weighted by Gasteiger charge is 2.66. The number of hydrogen-bond acceptors (Lipinski definition) is 6. The minimum Gasteiger partial charge on any atom is -0.462 e. The number of esters is 2. The molecule has 0 N–H and O–H groups in total. The van der Waals surface area contributed by atoms with Crippen LogP contribution >= 0.6 is 0 Å². The number of fused-ring (bicyclic) bond motifs is 9. The molecule has 0 aromatic rings. The summed E-state index contributed by atoms with van der Waals surface area (Å²) in [6, 6.07) is 0. The van der Waals surface area contributed by atoms with Crippen LogP contribution in [0, 0.1) is 47.3 Å². The highest BCUT2D eigenvalue weighted by molar-refractivity contribution is 5.74. The molecule has 0 radical (unpaired) electrons. The summed E-state index contributed by atoms with van der Waals surface area (Å²) in [7, 11) is 0. The Kier molecular flexibility index (Phi) is 6.31. The zero-order valence-electron chi connectivity index (χ0n) is 19.0. The van der Waals surface area contributed by atoms with Gasteiger partial charge in [-0.05, 0) is 80.5 Å². The topological polar surface area (TPSA) is 71.1 Å². The molecule has 4 bridgehead atoms. The van der Waals surface area contributed by atoms with Crippen LogP contribution < -0.4 is 0 Å². The number of rotatable bonds is 8. The van der Waals surface area contributed by atoms with Crippen molar-refractivity contribution in [2.24, 2.45) is 47.3 Å². The second kappa shape index (κ2) is 9.01. The van der Waals surface area contributed by atoms with Gasteiger partial charge in [-0.25, -0.2) is 4.89 Å². The lowest BCUT2D eigenvalue weighted by Gasteiger charge is -2.40. The monoisotopic (exact) mass is 434 g/mol. The van der Waals surface area contributed by atoms with Gasteiger partial charge in [0.2, 0.25) is 6.79 Å². The van der Waals surface area contributed by atoms with Crippen LogP contribution in [0.2, 0.25) is 0 Å². The Balaban J connectivity index is 1.13. The predicted molar refractivity (Wildman–Crippen MR) is 112 cm³/mol. The van der Waals surface area contributed by atoms with Crippen LogP contribution in [0.3, 0.4) is 0 Å². The van der Waals surface area contributed by atoms with E-state index in [0.29, 0.717) is 29.6 Å². The first-order valence-electron chi connectivity index (χ1n) is 12.7. The third kappa shape index (κ3) is 4.03. The first kappa shape index (κ1) is 21.7. The fraction of sp³-hybridized carbons (Fsp3) is 0.920. The minimum absolute atomic E-state index is 0.0326. The molecular formula is C25H38O6. The molecule has 9 atom stereocenters. The van der Waals surface area contributed by atoms with Crippen LogP contribution in [-0.2, 0) is 28.8 Å². The average molecular weight is 435 g/mol. The maximum absolute atomic E-state index is 12.8. The second-order valence-electron chi connectivity index (χ2n) is 10.9. The van der Waals surface area contributed by atoms with E-state index in [9.17, 15) is 9.59 Å². The normalized spacial score (nSPS) is 41.9. The SMILES string of the molecule is CCC(C)C(=O)OC1CC2CC1C1C3CC(CC3C(=O)OCOOC3CCCCC3)C21. The Labute approximate surface area is 185 Å². The first-order chi connectivity index (χ1) is 15.1. The second-order valence-corrected chi connectivity index (χ2v) is 10.9. The summed E-state index contributed by atoms with van der Waals surface area (Å²) in [6.07, 6.45) is 11.0. The van der Waals surface area contributed by atoms with Crippen LogP contribution in [0.15, 0.2) is 0 Å². The maximum Gasteiger partial charge on any atom is 0.311 e. The van der Waals surface area contributed by atoms with Gasteiger partial charge >= 0.3 is 11.9 Å². The van der Waals surface area contributed by atoms with Crippen molar-refractivity contribution in [2.75, 3.05) is 6.79 Å². The zero-order valence-corrected chi connectivity index (χ0v) is 19.0. The zero-order chi connectivity index (χ0) is 21.5. The Morgan fingerprint density at radius 2 is 1.68 bits per heavy atom. The van der Waals surface area contributed by atoms with Gasteiger partial charge in [-0.15, -0.1) is 0 Å². The third-order valence-corrected chi connectivity index (χ3v) is 9.35. The summed E-state index contributed by atoms with van der Waals surface area (Å²) >= 11 is 0. The maximum atomic E-state index is 12.8. The smallest absolute Gasteiger partial charge is 0.311 e. The van der Waals surface area contributed by atoms with E-state index in [2.05, 4.69) is 0 Å². The van der Waals surface area contributed by atoms with Crippen molar-refractivity contribution in [1.82, 2.24) is 0 Å². The molecule has 5 rings (SSSR count). The predicted octanol–water partition coefficient (Wildman–Crippen LogP) is 4.65. The molecular weight excluding hydrogens is 396 g/mol. The van der Waals surface area contributed by atoms with Crippen LogP contribution in [0.4, 0.5) is 0 Å². The molecule has 5 aliphatic carbocycles. The van der Waals surface area contributed by atoms with E-state index in [1.165, 1.54) is 25.7 Å². The van der Waals surface area contributed by atoms with Crippen molar-refractivity contribution in [3.8, 4) is 0 Å². The molecule has 5 fully saturated rings. The highest BCUT2D eigenvalue weighted by atomic mass is 17.2. The molecule has 31 heavy (non-hydrogen) atoms. The van der Waals surface area contributed by atoms with E-state index >= 15 is 0 Å². The van der Waals surface area contributed by atoms with Crippen molar-refractivity contribution < 1.29 is 28.8 Å². The standard InChI is InChI=1S/C25H38O6/c1-3-14(2)24(26)30-21-12-16-11-20(21)23-18-9-15(22(16)23)10-19(18)25(27)28-13-29-31-17-7-5-4-6-8-17/h14-23H,3-13H2,1-2H3. The van der Waals surface area contributed by atoms with E-state index in [1.807, 2.05) is 13.8 Å². The van der Waals surface area contributed by atoms with Crippen molar-refractivity contribution in [3.05, 3.63) is 0 Å². The molecule has 0 aliphatic heterocycles. The van der Waals surface area contributed by atoms with Gasteiger partial charge in [-0.1, -0.05) is 33.1 Å². The minimum atomic E-state index is -0.130. The Morgan fingerprint density at radius 3 is 2.45 bits per heavy atom. The molecule has 174 valence electrons. The van der Waals surface area contributed by atoms with Crippen LogP contribution in [0.1, 0.15) is 78.1 Å². The number of carbonyl (C=O) groups excluding carboxylic acids is 2. The fourth-order valence-electron chi connectivity index (χ4n) is 7.86. The van der Waals surface area contributed by atoms with E-state index in [1.54, 1.807) is 0 Å². The van der Waals surface area contributed by atoms with E-state index in [0.717, 1.165) is 44.4 Å². The number of carbonyl (C=O) groups is 2. The lowest BCUT2D eigenvalue weighted by molar-refractivity contribution is -0.358. The van der Waals surface area contributed by atoms with Gasteiger partial charge in [0.15, 0.2) is 0 Å². The number of hydrogen-bond donors (Lipinski definition) is 0. The molecule has 0 amide bonds. The van der Waals surface area contributed by atoms with E-state index in [-0.39, 0.29) is 42.8 Å². The van der Waals surface area contributed by atoms with Crippen molar-refractivity contribution in [2.45, 2.75) is 90.3 Å². The van der Waals surface area contributed by atoms with Gasteiger partial charge in [0.25, 0.3) is 0 Å². The van der Waals surface area contributed by atoms with Gasteiger partial charge in [0.05, 0.1) is 17.9 Å². The average Bonchev–Trinajstić information content (AvgIpc) is 3.55. The summed E-state index contributed by atoms with van der Waals surface area (Å²) in [4.78, 5) is 35.8. The van der Waals surface area contributed by atoms with Crippen LogP contribution in [0.5, 0.6) is 0 Å². The molecule has 0 spiro atoms. The van der Waals surface area contributed by atoms with Gasteiger partial charge in [-0.3, -0.25) is 9.59 Å². The molecule has 6 nitrogen and oxygen atoms in total. The first-order valence-corrected chi connectivity index (χ1v) is 12.7. The highest BCUT2D eigenvalue weighted by Crippen LogP contribution is 2.69. The molecule has 6 heteroatoms. The largest absolute Gasteiger partial charge is 0.462 e. The Bertz CT molecular complexity index is 673. The lowest BCUT2D eigenvalue weighted by Crippen LogP contribution is -2.42. The van der Waals surface area contributed by atoms with E-state index < -0.39 is 0 Å². The van der Waals surface area contributed by atoms with Crippen LogP contribution in [0.25, 0.3) is 0 Å². The van der Waals surface area contributed by atoms with Crippen molar-refractivity contribution >= 4 is 11.9 Å². The molecule has 0 saturated heterocycles. The summed E-state index contributed by atoms with van der Waals surface area (Å²) in [5, 5.41) is 0. The number of ether oxygens (including phenoxy) is 2. The third-order valence-electron chi connectivity index (χ3n) is 9.35. The van der Waals surface area contributed by atoms with Crippen molar-refractivity contribution in [1.29, 1.82) is 0 Å². The van der Waals surface area contributed by atoms with Gasteiger partial charge in [0.1, 0.15) is 6.10 Å². The van der Waals surface area contributed by atoms with Crippen molar-refractivity contribution in [3.63, 3.8) is 0 Å². The molecule has 5 aliphatic rings. The summed E-state index contributed by atoms with van der Waals surface area (Å²) in [5.41, 5.74) is 0. The van der Waals surface area contributed by atoms with Gasteiger partial charge in [0, 0.05) is 0 Å². The Morgan fingerprint density at radius 1 is 0.935 bits per heavy atom. The molecule has 0 aromatic carbocycles.